The molecule has 1 heterocycles. The molecule has 1 aliphatic heterocycles. The molecule has 1 aliphatic carbocycles. The topological polar surface area (TPSA) is 23.6 Å². The summed E-state index contributed by atoms with van der Waals surface area (Å²) in [5.41, 5.74) is 2.36. The summed E-state index contributed by atoms with van der Waals surface area (Å²) in [6, 6.07) is 8.65. The number of rotatable bonds is 3. The molecule has 0 N–H and O–H groups in total. The average molecular weight is 244 g/mol. The fourth-order valence-corrected chi connectivity index (χ4v) is 2.66. The van der Waals surface area contributed by atoms with Crippen LogP contribution in [0.3, 0.4) is 0 Å². The Balaban J connectivity index is 1.93. The van der Waals surface area contributed by atoms with E-state index in [9.17, 15) is 4.79 Å². The Hall–Kier alpha value is -1.51. The van der Waals surface area contributed by atoms with E-state index in [0.717, 1.165) is 24.7 Å². The van der Waals surface area contributed by atoms with Gasteiger partial charge in [-0.05, 0) is 44.2 Å². The molecule has 0 spiro atoms. The van der Waals surface area contributed by atoms with E-state index < -0.39 is 0 Å². The fraction of sp³-hybridized carbons (Fsp3) is 0.533. The number of urea groups is 1. The van der Waals surface area contributed by atoms with Gasteiger partial charge in [0.1, 0.15) is 0 Å². The van der Waals surface area contributed by atoms with Crippen LogP contribution in [0.5, 0.6) is 0 Å². The number of hydrogen-bond donors (Lipinski definition) is 0. The lowest BCUT2D eigenvalue weighted by molar-refractivity contribution is 0.193. The standard InChI is InChI=1S/C15H20N2O/c1-11(2)17-14-6-4-3-5-13(14)10-16(15(17)18)9-12-7-8-12/h3-6,11-12H,7-10H2,1-2H3. The minimum atomic E-state index is 0.176. The zero-order valence-corrected chi connectivity index (χ0v) is 11.1. The quantitative estimate of drug-likeness (QED) is 0.800. The summed E-state index contributed by atoms with van der Waals surface area (Å²) in [6.07, 6.45) is 2.57. The van der Waals surface area contributed by atoms with Crippen molar-refractivity contribution in [2.45, 2.75) is 39.3 Å². The largest absolute Gasteiger partial charge is 0.325 e. The first kappa shape index (κ1) is 11.6. The van der Waals surface area contributed by atoms with Gasteiger partial charge in [-0.3, -0.25) is 4.90 Å². The van der Waals surface area contributed by atoms with E-state index in [-0.39, 0.29) is 12.1 Å². The summed E-state index contributed by atoms with van der Waals surface area (Å²) in [5.74, 6) is 0.744. The molecule has 3 nitrogen and oxygen atoms in total. The SMILES string of the molecule is CC(C)N1C(=O)N(CC2CC2)Cc2ccccc21. The van der Waals surface area contributed by atoms with Gasteiger partial charge in [-0.1, -0.05) is 18.2 Å². The van der Waals surface area contributed by atoms with Crippen molar-refractivity contribution in [1.82, 2.24) is 4.90 Å². The van der Waals surface area contributed by atoms with Crippen LogP contribution in [0.4, 0.5) is 10.5 Å². The van der Waals surface area contributed by atoms with E-state index in [1.165, 1.54) is 18.4 Å². The van der Waals surface area contributed by atoms with Crippen LogP contribution in [0.2, 0.25) is 0 Å². The predicted molar refractivity (Wildman–Crippen MR) is 72.6 cm³/mol. The van der Waals surface area contributed by atoms with Crippen LogP contribution in [-0.4, -0.2) is 23.5 Å². The lowest BCUT2D eigenvalue weighted by Crippen LogP contribution is -2.50. The van der Waals surface area contributed by atoms with Gasteiger partial charge < -0.3 is 4.90 Å². The zero-order valence-electron chi connectivity index (χ0n) is 11.1. The molecule has 0 aromatic heterocycles. The van der Waals surface area contributed by atoms with Crippen LogP contribution < -0.4 is 4.90 Å². The molecule has 2 aliphatic rings. The first-order chi connectivity index (χ1) is 8.66. The highest BCUT2D eigenvalue weighted by Gasteiger charge is 2.34. The Morgan fingerprint density at radius 2 is 2.00 bits per heavy atom. The maximum absolute atomic E-state index is 12.5. The van der Waals surface area contributed by atoms with Crippen LogP contribution >= 0.6 is 0 Å². The molecular formula is C15H20N2O. The Morgan fingerprint density at radius 1 is 1.28 bits per heavy atom. The van der Waals surface area contributed by atoms with Crippen molar-refractivity contribution in [3.8, 4) is 0 Å². The van der Waals surface area contributed by atoms with Gasteiger partial charge in [0.15, 0.2) is 0 Å². The van der Waals surface area contributed by atoms with Gasteiger partial charge in [0.05, 0.1) is 5.69 Å². The monoisotopic (exact) mass is 244 g/mol. The maximum atomic E-state index is 12.5. The lowest BCUT2D eigenvalue weighted by Gasteiger charge is -2.39. The van der Waals surface area contributed by atoms with Crippen LogP contribution in [0.25, 0.3) is 0 Å². The highest BCUT2D eigenvalue weighted by atomic mass is 16.2. The highest BCUT2D eigenvalue weighted by Crippen LogP contribution is 2.34. The number of nitrogens with zero attached hydrogens (tertiary/aromatic N) is 2. The van der Waals surface area contributed by atoms with Crippen LogP contribution in [0.15, 0.2) is 24.3 Å². The number of para-hydroxylation sites is 1. The number of carbonyl (C=O) groups is 1. The van der Waals surface area contributed by atoms with E-state index in [1.807, 2.05) is 15.9 Å². The molecule has 0 atom stereocenters. The van der Waals surface area contributed by atoms with Crippen molar-refractivity contribution in [1.29, 1.82) is 0 Å². The summed E-state index contributed by atoms with van der Waals surface area (Å²) < 4.78 is 0. The molecule has 18 heavy (non-hydrogen) atoms. The molecule has 0 radical (unpaired) electrons. The van der Waals surface area contributed by atoms with Crippen LogP contribution in [-0.2, 0) is 6.54 Å². The average Bonchev–Trinajstić information content (AvgIpc) is 3.13. The molecule has 1 saturated carbocycles. The number of carbonyl (C=O) groups excluding carboxylic acids is 1. The number of benzene rings is 1. The van der Waals surface area contributed by atoms with Crippen molar-refractivity contribution in [2.24, 2.45) is 5.92 Å². The molecular weight excluding hydrogens is 224 g/mol. The summed E-state index contributed by atoms with van der Waals surface area (Å²) in [7, 11) is 0. The maximum Gasteiger partial charge on any atom is 0.325 e. The molecule has 1 aromatic carbocycles. The lowest BCUT2D eigenvalue weighted by atomic mass is 10.1. The Morgan fingerprint density at radius 3 is 2.67 bits per heavy atom. The Labute approximate surface area is 108 Å². The number of amides is 2. The highest BCUT2D eigenvalue weighted by molar-refractivity contribution is 5.95. The van der Waals surface area contributed by atoms with Crippen molar-refractivity contribution in [3.05, 3.63) is 29.8 Å². The number of fused-ring (bicyclic) bond motifs is 1. The minimum absolute atomic E-state index is 0.176. The molecule has 1 fully saturated rings. The third-order valence-electron chi connectivity index (χ3n) is 3.78. The Kier molecular flexibility index (Phi) is 2.77. The molecule has 1 aromatic rings. The summed E-state index contributed by atoms with van der Waals surface area (Å²) in [6.45, 7) is 5.86. The number of hydrogen-bond acceptors (Lipinski definition) is 1. The van der Waals surface area contributed by atoms with Gasteiger partial charge >= 0.3 is 6.03 Å². The van der Waals surface area contributed by atoms with E-state index in [1.54, 1.807) is 0 Å². The zero-order chi connectivity index (χ0) is 12.7. The first-order valence-electron chi connectivity index (χ1n) is 6.83. The normalized spacial score (nSPS) is 19.4. The van der Waals surface area contributed by atoms with Crippen molar-refractivity contribution >= 4 is 11.7 Å². The molecule has 96 valence electrons. The summed E-state index contributed by atoms with van der Waals surface area (Å²) in [5, 5.41) is 0. The van der Waals surface area contributed by atoms with E-state index >= 15 is 0 Å². The van der Waals surface area contributed by atoms with E-state index in [0.29, 0.717) is 0 Å². The minimum Gasteiger partial charge on any atom is -0.320 e. The second-order valence-electron chi connectivity index (χ2n) is 5.70. The van der Waals surface area contributed by atoms with Gasteiger partial charge in [0.2, 0.25) is 0 Å². The number of anilines is 1. The van der Waals surface area contributed by atoms with E-state index in [4.69, 9.17) is 0 Å². The molecule has 0 saturated heterocycles. The third kappa shape index (κ3) is 1.98. The van der Waals surface area contributed by atoms with Crippen molar-refractivity contribution in [2.75, 3.05) is 11.4 Å². The third-order valence-corrected chi connectivity index (χ3v) is 3.78. The smallest absolute Gasteiger partial charge is 0.320 e. The molecule has 3 rings (SSSR count). The fourth-order valence-electron chi connectivity index (χ4n) is 2.66. The van der Waals surface area contributed by atoms with Crippen molar-refractivity contribution < 1.29 is 4.79 Å². The van der Waals surface area contributed by atoms with E-state index in [2.05, 4.69) is 32.0 Å². The van der Waals surface area contributed by atoms with Gasteiger partial charge in [0, 0.05) is 19.1 Å². The molecule has 3 heteroatoms. The second-order valence-corrected chi connectivity index (χ2v) is 5.70. The Bertz CT molecular complexity index is 465. The van der Waals surface area contributed by atoms with Gasteiger partial charge in [-0.25, -0.2) is 4.79 Å². The van der Waals surface area contributed by atoms with Crippen LogP contribution in [0.1, 0.15) is 32.3 Å². The predicted octanol–water partition coefficient (Wildman–Crippen LogP) is 3.25. The van der Waals surface area contributed by atoms with Crippen LogP contribution in [0, 0.1) is 5.92 Å². The van der Waals surface area contributed by atoms with Gasteiger partial charge in [-0.15, -0.1) is 0 Å². The molecule has 0 unspecified atom stereocenters. The van der Waals surface area contributed by atoms with Gasteiger partial charge in [0.25, 0.3) is 0 Å². The second kappa shape index (κ2) is 4.30. The van der Waals surface area contributed by atoms with Crippen molar-refractivity contribution in [3.63, 3.8) is 0 Å². The molecule has 0 bridgehead atoms. The van der Waals surface area contributed by atoms with Gasteiger partial charge in [-0.2, -0.15) is 0 Å². The molecule has 2 amide bonds. The summed E-state index contributed by atoms with van der Waals surface area (Å²) in [4.78, 5) is 16.5. The summed E-state index contributed by atoms with van der Waals surface area (Å²) >= 11 is 0. The first-order valence-corrected chi connectivity index (χ1v) is 6.83.